The number of rotatable bonds is 8. The first-order chi connectivity index (χ1) is 16.0. The van der Waals surface area contributed by atoms with E-state index in [9.17, 15) is 18.5 Å². The van der Waals surface area contributed by atoms with Crippen molar-refractivity contribution in [3.05, 3.63) is 88.0 Å². The van der Waals surface area contributed by atoms with Gasteiger partial charge >= 0.3 is 0 Å². The molecule has 9 nitrogen and oxygen atoms in total. The van der Waals surface area contributed by atoms with E-state index in [-0.39, 0.29) is 16.0 Å². The molecule has 0 saturated carbocycles. The van der Waals surface area contributed by atoms with Crippen LogP contribution in [0.25, 0.3) is 0 Å². The summed E-state index contributed by atoms with van der Waals surface area (Å²) >= 11 is 0. The lowest BCUT2D eigenvalue weighted by molar-refractivity contribution is -0.384. The third kappa shape index (κ3) is 6.10. The lowest BCUT2D eigenvalue weighted by Gasteiger charge is -2.19. The summed E-state index contributed by atoms with van der Waals surface area (Å²) in [6.07, 6.45) is 1.35. The van der Waals surface area contributed by atoms with E-state index < -0.39 is 14.9 Å². The molecule has 0 saturated heterocycles. The Morgan fingerprint density at radius 3 is 2.18 bits per heavy atom. The van der Waals surface area contributed by atoms with Gasteiger partial charge in [-0.2, -0.15) is 13.5 Å². The summed E-state index contributed by atoms with van der Waals surface area (Å²) < 4.78 is 36.1. The molecule has 0 heterocycles. The highest BCUT2D eigenvalue weighted by atomic mass is 32.2. The van der Waals surface area contributed by atoms with E-state index in [2.05, 4.69) is 30.7 Å². The van der Waals surface area contributed by atoms with Crippen molar-refractivity contribution in [2.75, 3.05) is 7.11 Å². The van der Waals surface area contributed by atoms with E-state index in [1.807, 2.05) is 0 Å². The summed E-state index contributed by atoms with van der Waals surface area (Å²) in [5.74, 6) is 1.16. The maximum Gasteiger partial charge on any atom is 0.276 e. The van der Waals surface area contributed by atoms with Crippen LogP contribution in [0.4, 0.5) is 5.69 Å². The van der Waals surface area contributed by atoms with E-state index in [0.29, 0.717) is 22.8 Å². The van der Waals surface area contributed by atoms with Crippen molar-refractivity contribution in [1.29, 1.82) is 0 Å². The van der Waals surface area contributed by atoms with Crippen molar-refractivity contribution in [3.63, 3.8) is 0 Å². The number of sulfonamides is 1. The van der Waals surface area contributed by atoms with Crippen LogP contribution in [-0.2, 0) is 15.4 Å². The molecule has 0 atom stereocenters. The SMILES string of the molecule is COc1cc(C=NNS(=O)(=O)c2ccc(C(C)(C)C)cc2)ccc1Oc1ccc([N+](=O)[O-])cc1. The van der Waals surface area contributed by atoms with Crippen LogP contribution in [-0.4, -0.2) is 26.7 Å². The molecule has 10 heteroatoms. The second-order valence-electron chi connectivity index (χ2n) is 8.39. The molecule has 0 bridgehead atoms. The van der Waals surface area contributed by atoms with Gasteiger partial charge in [0.1, 0.15) is 5.75 Å². The number of methoxy groups -OCH3 is 1. The van der Waals surface area contributed by atoms with Gasteiger partial charge in [0.2, 0.25) is 0 Å². The number of ether oxygens (including phenoxy) is 2. The van der Waals surface area contributed by atoms with Crippen LogP contribution in [0.2, 0.25) is 0 Å². The summed E-state index contributed by atoms with van der Waals surface area (Å²) in [6, 6.07) is 17.2. The van der Waals surface area contributed by atoms with Gasteiger partial charge in [-0.3, -0.25) is 10.1 Å². The summed E-state index contributed by atoms with van der Waals surface area (Å²) in [6.45, 7) is 6.15. The summed E-state index contributed by atoms with van der Waals surface area (Å²) in [5, 5.41) is 14.6. The third-order valence-corrected chi connectivity index (χ3v) is 6.12. The second-order valence-corrected chi connectivity index (χ2v) is 10.1. The minimum absolute atomic E-state index is 0.0431. The molecule has 0 spiro atoms. The van der Waals surface area contributed by atoms with Crippen LogP contribution in [0.1, 0.15) is 31.9 Å². The number of benzene rings is 3. The van der Waals surface area contributed by atoms with E-state index in [0.717, 1.165) is 5.56 Å². The van der Waals surface area contributed by atoms with Gasteiger partial charge in [-0.25, -0.2) is 4.83 Å². The Balaban J connectivity index is 1.70. The summed E-state index contributed by atoms with van der Waals surface area (Å²) in [4.78, 5) is 12.6. The fourth-order valence-electron chi connectivity index (χ4n) is 2.97. The van der Waals surface area contributed by atoms with E-state index >= 15 is 0 Å². The smallest absolute Gasteiger partial charge is 0.276 e. The predicted octanol–water partition coefficient (Wildman–Crippen LogP) is 5.01. The Hall–Kier alpha value is -3.92. The molecule has 34 heavy (non-hydrogen) atoms. The summed E-state index contributed by atoms with van der Waals surface area (Å²) in [5.41, 5.74) is 1.47. The van der Waals surface area contributed by atoms with E-state index in [1.54, 1.807) is 42.5 Å². The lowest BCUT2D eigenvalue weighted by Crippen LogP contribution is -2.19. The molecular weight excluding hydrogens is 458 g/mol. The number of nitrogens with zero attached hydrogens (tertiary/aromatic N) is 2. The number of hydrogen-bond donors (Lipinski definition) is 1. The maximum absolute atomic E-state index is 12.5. The fraction of sp³-hybridized carbons (Fsp3) is 0.208. The van der Waals surface area contributed by atoms with Gasteiger partial charge in [0.05, 0.1) is 23.1 Å². The van der Waals surface area contributed by atoms with Gasteiger partial charge in [-0.15, -0.1) is 0 Å². The van der Waals surface area contributed by atoms with Gasteiger partial charge in [0.25, 0.3) is 15.7 Å². The molecule has 1 N–H and O–H groups in total. The van der Waals surface area contributed by atoms with Crippen molar-refractivity contribution in [2.45, 2.75) is 31.1 Å². The number of nitro benzene ring substituents is 1. The molecule has 0 radical (unpaired) electrons. The predicted molar refractivity (Wildman–Crippen MR) is 129 cm³/mol. The number of hydrogen-bond acceptors (Lipinski definition) is 7. The van der Waals surface area contributed by atoms with Crippen LogP contribution >= 0.6 is 0 Å². The lowest BCUT2D eigenvalue weighted by atomic mass is 9.87. The van der Waals surface area contributed by atoms with Gasteiger partial charge in [-0.1, -0.05) is 32.9 Å². The first-order valence-electron chi connectivity index (χ1n) is 10.3. The van der Waals surface area contributed by atoms with E-state index in [4.69, 9.17) is 9.47 Å². The van der Waals surface area contributed by atoms with Crippen LogP contribution < -0.4 is 14.3 Å². The molecule has 0 aliphatic carbocycles. The van der Waals surface area contributed by atoms with Crippen LogP contribution in [0.5, 0.6) is 17.2 Å². The zero-order valence-corrected chi connectivity index (χ0v) is 20.0. The van der Waals surface area contributed by atoms with Crippen molar-refractivity contribution in [2.24, 2.45) is 5.10 Å². The molecule has 0 aliphatic rings. The van der Waals surface area contributed by atoms with E-state index in [1.165, 1.54) is 37.6 Å². The standard InChI is InChI=1S/C24H25N3O6S/c1-24(2,3)18-6-12-21(13-7-18)34(30,31)26-25-16-17-5-14-22(23(15-17)32-4)33-20-10-8-19(9-11-20)27(28)29/h5-16,26H,1-4H3. The number of non-ortho nitro benzene ring substituents is 1. The monoisotopic (exact) mass is 483 g/mol. The third-order valence-electron chi connectivity index (χ3n) is 4.88. The molecule has 178 valence electrons. The molecule has 0 aromatic heterocycles. The Kier molecular flexibility index (Phi) is 7.21. The normalized spacial score (nSPS) is 11.9. The van der Waals surface area contributed by atoms with Crippen LogP contribution in [0, 0.1) is 10.1 Å². The summed E-state index contributed by atoms with van der Waals surface area (Å²) in [7, 11) is -2.36. The first-order valence-corrected chi connectivity index (χ1v) is 11.7. The molecule has 0 amide bonds. The van der Waals surface area contributed by atoms with Crippen LogP contribution in [0.15, 0.2) is 76.7 Å². The Bertz CT molecular complexity index is 1300. The van der Waals surface area contributed by atoms with Crippen molar-refractivity contribution in [3.8, 4) is 17.2 Å². The molecule has 3 rings (SSSR count). The fourth-order valence-corrected chi connectivity index (χ4v) is 3.76. The largest absolute Gasteiger partial charge is 0.493 e. The van der Waals surface area contributed by atoms with Gasteiger partial charge in [0.15, 0.2) is 11.5 Å². The Labute approximate surface area is 198 Å². The number of nitro groups is 1. The molecular formula is C24H25N3O6S. The second kappa shape index (κ2) is 9.92. The topological polar surface area (TPSA) is 120 Å². The highest BCUT2D eigenvalue weighted by Crippen LogP contribution is 2.32. The number of hydrazone groups is 1. The minimum atomic E-state index is -3.82. The highest BCUT2D eigenvalue weighted by molar-refractivity contribution is 7.89. The molecule has 0 unspecified atom stereocenters. The Morgan fingerprint density at radius 1 is 0.971 bits per heavy atom. The highest BCUT2D eigenvalue weighted by Gasteiger charge is 2.17. The van der Waals surface area contributed by atoms with Crippen molar-refractivity contribution < 1.29 is 22.8 Å². The zero-order chi connectivity index (χ0) is 24.9. The van der Waals surface area contributed by atoms with Crippen molar-refractivity contribution >= 4 is 21.9 Å². The quantitative estimate of drug-likeness (QED) is 0.273. The van der Waals surface area contributed by atoms with Gasteiger partial charge < -0.3 is 9.47 Å². The average Bonchev–Trinajstić information content (AvgIpc) is 2.79. The van der Waals surface area contributed by atoms with Crippen molar-refractivity contribution in [1.82, 2.24) is 4.83 Å². The maximum atomic E-state index is 12.5. The van der Waals surface area contributed by atoms with Crippen LogP contribution in [0.3, 0.4) is 0 Å². The molecule has 0 aliphatic heterocycles. The first kappa shape index (κ1) is 24.7. The van der Waals surface area contributed by atoms with Gasteiger partial charge in [-0.05, 0) is 59.0 Å². The average molecular weight is 484 g/mol. The zero-order valence-electron chi connectivity index (χ0n) is 19.2. The number of nitrogens with one attached hydrogen (secondary N) is 1. The molecule has 3 aromatic rings. The molecule has 3 aromatic carbocycles. The van der Waals surface area contributed by atoms with Gasteiger partial charge in [0, 0.05) is 12.1 Å². The minimum Gasteiger partial charge on any atom is -0.493 e. The Morgan fingerprint density at radius 2 is 1.62 bits per heavy atom. The molecule has 0 fully saturated rings.